The van der Waals surface area contributed by atoms with Crippen molar-refractivity contribution >= 4 is 5.91 Å². The minimum atomic E-state index is -0.581. The van der Waals surface area contributed by atoms with Gasteiger partial charge in [-0.15, -0.1) is 0 Å². The van der Waals surface area contributed by atoms with Gasteiger partial charge in [0.25, 0.3) is 5.91 Å². The Bertz CT molecular complexity index is 1030. The lowest BCUT2D eigenvalue weighted by Gasteiger charge is -2.26. The zero-order valence-corrected chi connectivity index (χ0v) is 15.2. The molecule has 1 atom stereocenters. The topological polar surface area (TPSA) is 69.2 Å². The molecule has 3 aromatic rings. The summed E-state index contributed by atoms with van der Waals surface area (Å²) in [7, 11) is 0. The molecule has 6 heteroatoms. The number of fused-ring (bicyclic) bond motifs is 1. The second kappa shape index (κ2) is 6.54. The average molecular weight is 365 g/mol. The van der Waals surface area contributed by atoms with Crippen LogP contribution in [-0.2, 0) is 0 Å². The van der Waals surface area contributed by atoms with E-state index in [4.69, 9.17) is 0 Å². The summed E-state index contributed by atoms with van der Waals surface area (Å²) >= 11 is 0. The molecule has 1 amide bonds. The first-order valence-electron chi connectivity index (χ1n) is 8.96. The maximum atomic E-state index is 14.6. The third-order valence-corrected chi connectivity index (χ3v) is 4.94. The van der Waals surface area contributed by atoms with E-state index in [9.17, 15) is 14.3 Å². The number of carbonyl (C=O) groups excluding carboxylic acids is 1. The Morgan fingerprint density at radius 1 is 1.26 bits per heavy atom. The molecule has 2 N–H and O–H groups in total. The van der Waals surface area contributed by atoms with Crippen molar-refractivity contribution in [3.05, 3.63) is 70.7 Å². The molecule has 1 unspecified atom stereocenters. The van der Waals surface area contributed by atoms with Crippen molar-refractivity contribution in [2.75, 3.05) is 6.54 Å². The highest BCUT2D eigenvalue weighted by Gasteiger charge is 2.43. The number of halogens is 1. The Morgan fingerprint density at radius 2 is 2.04 bits per heavy atom. The Balaban J connectivity index is 1.96. The monoisotopic (exact) mass is 365 g/mol. The minimum Gasteiger partial charge on any atom is -0.507 e. The predicted molar refractivity (Wildman–Crippen MR) is 100.0 cm³/mol. The summed E-state index contributed by atoms with van der Waals surface area (Å²) in [6.07, 6.45) is 0.749. The summed E-state index contributed by atoms with van der Waals surface area (Å²) in [5, 5.41) is 17.5. The van der Waals surface area contributed by atoms with E-state index in [0.717, 1.165) is 12.0 Å². The van der Waals surface area contributed by atoms with Gasteiger partial charge >= 0.3 is 0 Å². The molecule has 0 saturated carbocycles. The van der Waals surface area contributed by atoms with Gasteiger partial charge in [0, 0.05) is 23.2 Å². The van der Waals surface area contributed by atoms with E-state index < -0.39 is 6.04 Å². The number of aryl methyl sites for hydroxylation is 1. The van der Waals surface area contributed by atoms with E-state index in [-0.39, 0.29) is 17.5 Å². The number of amides is 1. The summed E-state index contributed by atoms with van der Waals surface area (Å²) in [5.41, 5.74) is 3.35. The van der Waals surface area contributed by atoms with E-state index in [1.165, 1.54) is 6.07 Å². The van der Waals surface area contributed by atoms with Crippen LogP contribution in [0.4, 0.5) is 4.39 Å². The maximum Gasteiger partial charge on any atom is 0.273 e. The first-order chi connectivity index (χ1) is 13.0. The maximum absolute atomic E-state index is 14.6. The van der Waals surface area contributed by atoms with Gasteiger partial charge in [-0.3, -0.25) is 9.89 Å². The third kappa shape index (κ3) is 2.68. The molecule has 1 aliphatic rings. The highest BCUT2D eigenvalue weighted by Crippen LogP contribution is 2.45. The van der Waals surface area contributed by atoms with E-state index >= 15 is 0 Å². The molecule has 2 aromatic carbocycles. The number of hydrogen-bond donors (Lipinski definition) is 2. The highest BCUT2D eigenvalue weighted by atomic mass is 19.1. The van der Waals surface area contributed by atoms with Crippen LogP contribution in [0.15, 0.2) is 42.5 Å². The van der Waals surface area contributed by atoms with Crippen molar-refractivity contribution in [2.45, 2.75) is 26.3 Å². The van der Waals surface area contributed by atoms with E-state index in [1.54, 1.807) is 35.2 Å². The molecule has 0 spiro atoms. The van der Waals surface area contributed by atoms with Crippen LogP contribution in [0.3, 0.4) is 0 Å². The Kier molecular flexibility index (Phi) is 4.18. The summed E-state index contributed by atoms with van der Waals surface area (Å²) < 4.78 is 14.6. The molecule has 0 bridgehead atoms. The molecule has 138 valence electrons. The van der Waals surface area contributed by atoms with Crippen molar-refractivity contribution in [3.8, 4) is 17.0 Å². The van der Waals surface area contributed by atoms with Gasteiger partial charge in [0.2, 0.25) is 0 Å². The fourth-order valence-electron chi connectivity index (χ4n) is 3.73. The van der Waals surface area contributed by atoms with Crippen LogP contribution >= 0.6 is 0 Å². The number of carbonyl (C=O) groups is 1. The highest BCUT2D eigenvalue weighted by molar-refractivity contribution is 6.00. The van der Waals surface area contributed by atoms with Gasteiger partial charge < -0.3 is 10.0 Å². The number of benzene rings is 2. The van der Waals surface area contributed by atoms with E-state index in [1.807, 2.05) is 19.9 Å². The van der Waals surface area contributed by atoms with Gasteiger partial charge in [-0.05, 0) is 31.5 Å². The molecular weight excluding hydrogens is 345 g/mol. The number of phenolic OH excluding ortho intramolecular Hbond substituents is 1. The fourth-order valence-corrected chi connectivity index (χ4v) is 3.73. The molecule has 1 aliphatic heterocycles. The van der Waals surface area contributed by atoms with E-state index in [2.05, 4.69) is 10.2 Å². The number of nitrogens with one attached hydrogen (secondary N) is 1. The van der Waals surface area contributed by atoms with Crippen LogP contribution in [0, 0.1) is 12.7 Å². The largest absolute Gasteiger partial charge is 0.507 e. The average Bonchev–Trinajstić information content (AvgIpc) is 3.18. The summed E-state index contributed by atoms with van der Waals surface area (Å²) in [6.45, 7) is 4.39. The SMILES string of the molecule is CCCN1C(=O)c2[nH]nc(-c3cc(C)ccc3O)c2C1c1ccccc1F. The van der Waals surface area contributed by atoms with Gasteiger partial charge in [0.1, 0.15) is 23.0 Å². The van der Waals surface area contributed by atoms with Crippen LogP contribution in [0.5, 0.6) is 5.75 Å². The standard InChI is InChI=1S/C21H20FN3O2/c1-3-10-25-20(13-6-4-5-7-15(13)22)17-18(23-24-19(17)21(25)27)14-11-12(2)8-9-16(14)26/h4-9,11,20,26H,3,10H2,1-2H3,(H,23,24). The van der Waals surface area contributed by atoms with Crippen LogP contribution in [-0.4, -0.2) is 32.7 Å². The molecule has 0 aliphatic carbocycles. The molecule has 0 saturated heterocycles. The lowest BCUT2D eigenvalue weighted by molar-refractivity contribution is 0.0742. The smallest absolute Gasteiger partial charge is 0.273 e. The molecule has 0 fully saturated rings. The number of phenols is 1. The number of H-pyrrole nitrogens is 1. The van der Waals surface area contributed by atoms with Crippen molar-refractivity contribution in [2.24, 2.45) is 0 Å². The molecular formula is C21H20FN3O2. The molecule has 2 heterocycles. The van der Waals surface area contributed by atoms with Crippen LogP contribution in [0.2, 0.25) is 0 Å². The molecule has 1 aromatic heterocycles. The van der Waals surface area contributed by atoms with Crippen molar-refractivity contribution in [3.63, 3.8) is 0 Å². The molecule has 0 radical (unpaired) electrons. The lowest BCUT2D eigenvalue weighted by atomic mass is 9.94. The lowest BCUT2D eigenvalue weighted by Crippen LogP contribution is -2.30. The molecule has 5 nitrogen and oxygen atoms in total. The second-order valence-corrected chi connectivity index (χ2v) is 6.80. The fraction of sp³-hybridized carbons (Fsp3) is 0.238. The number of aromatic nitrogens is 2. The number of aromatic hydroxyl groups is 1. The van der Waals surface area contributed by atoms with Crippen LogP contribution in [0.25, 0.3) is 11.3 Å². The third-order valence-electron chi connectivity index (χ3n) is 4.94. The van der Waals surface area contributed by atoms with Gasteiger partial charge in [-0.1, -0.05) is 36.8 Å². The Labute approximate surface area is 156 Å². The number of hydrogen-bond acceptors (Lipinski definition) is 3. The predicted octanol–water partition coefficient (Wildman–Crippen LogP) is 4.19. The van der Waals surface area contributed by atoms with Crippen LogP contribution in [0.1, 0.15) is 46.6 Å². The van der Waals surface area contributed by atoms with Crippen molar-refractivity contribution < 1.29 is 14.3 Å². The number of aromatic amines is 1. The first-order valence-corrected chi connectivity index (χ1v) is 8.96. The quantitative estimate of drug-likeness (QED) is 0.729. The minimum absolute atomic E-state index is 0.0728. The first kappa shape index (κ1) is 17.3. The Hall–Kier alpha value is -3.15. The van der Waals surface area contributed by atoms with E-state index in [0.29, 0.717) is 34.6 Å². The molecule has 27 heavy (non-hydrogen) atoms. The number of rotatable bonds is 4. The summed E-state index contributed by atoms with van der Waals surface area (Å²) in [4.78, 5) is 14.6. The van der Waals surface area contributed by atoms with Gasteiger partial charge in [-0.2, -0.15) is 5.10 Å². The van der Waals surface area contributed by atoms with Crippen molar-refractivity contribution in [1.29, 1.82) is 0 Å². The van der Waals surface area contributed by atoms with Gasteiger partial charge in [0.15, 0.2) is 0 Å². The molecule has 4 rings (SSSR count). The normalized spacial score (nSPS) is 16.0. The zero-order valence-electron chi connectivity index (χ0n) is 15.2. The van der Waals surface area contributed by atoms with Gasteiger partial charge in [-0.25, -0.2) is 4.39 Å². The summed E-state index contributed by atoms with van der Waals surface area (Å²) in [6, 6.07) is 11.1. The van der Waals surface area contributed by atoms with Crippen molar-refractivity contribution in [1.82, 2.24) is 15.1 Å². The van der Waals surface area contributed by atoms with Crippen LogP contribution < -0.4 is 0 Å². The Morgan fingerprint density at radius 3 is 2.78 bits per heavy atom. The summed E-state index contributed by atoms with van der Waals surface area (Å²) in [5.74, 6) is -0.501. The number of nitrogens with zero attached hydrogens (tertiary/aromatic N) is 2. The second-order valence-electron chi connectivity index (χ2n) is 6.80. The zero-order chi connectivity index (χ0) is 19.1. The van der Waals surface area contributed by atoms with Gasteiger partial charge in [0.05, 0.1) is 6.04 Å².